The van der Waals surface area contributed by atoms with Gasteiger partial charge in [-0.3, -0.25) is 9.59 Å². The number of ether oxygens (including phenoxy) is 3. The molecule has 0 atom stereocenters. The molecule has 0 radical (unpaired) electrons. The van der Waals surface area contributed by atoms with Gasteiger partial charge in [0.25, 0.3) is 0 Å². The van der Waals surface area contributed by atoms with E-state index in [1.54, 1.807) is 44.6 Å². The molecule has 148 valence electrons. The lowest BCUT2D eigenvalue weighted by atomic mass is 9.94. The van der Waals surface area contributed by atoms with E-state index in [0.717, 1.165) is 5.56 Å². The zero-order valence-electron chi connectivity index (χ0n) is 16.4. The zero-order valence-corrected chi connectivity index (χ0v) is 16.4. The highest BCUT2D eigenvalue weighted by atomic mass is 16.5. The number of anilines is 2. The molecule has 0 aliphatic carbocycles. The number of hydrogen-bond donors (Lipinski definition) is 2. The summed E-state index contributed by atoms with van der Waals surface area (Å²) in [5, 5.41) is 5.71. The highest BCUT2D eigenvalue weighted by molar-refractivity contribution is 5.98. The molecule has 2 aromatic carbocycles. The lowest BCUT2D eigenvalue weighted by molar-refractivity contribution is -0.125. The highest BCUT2D eigenvalue weighted by Gasteiger charge is 2.32. The third-order valence-electron chi connectivity index (χ3n) is 4.53. The van der Waals surface area contributed by atoms with Gasteiger partial charge in [-0.25, -0.2) is 0 Å². The maximum Gasteiger partial charge on any atom is 0.233 e. The molecule has 1 heterocycles. The van der Waals surface area contributed by atoms with Crippen molar-refractivity contribution in [2.75, 3.05) is 31.5 Å². The lowest BCUT2D eigenvalue weighted by Crippen LogP contribution is -2.33. The summed E-state index contributed by atoms with van der Waals surface area (Å²) in [6.07, 6.45) is 0.183. The van der Waals surface area contributed by atoms with Gasteiger partial charge in [0, 0.05) is 11.8 Å². The lowest BCUT2D eigenvalue weighted by Gasteiger charge is -2.18. The Bertz CT molecular complexity index is 908. The van der Waals surface area contributed by atoms with E-state index in [1.165, 1.54) is 0 Å². The fourth-order valence-corrected chi connectivity index (χ4v) is 2.82. The molecule has 2 amide bonds. The van der Waals surface area contributed by atoms with Crippen LogP contribution >= 0.6 is 0 Å². The minimum atomic E-state index is -0.629. The van der Waals surface area contributed by atoms with E-state index in [0.29, 0.717) is 28.6 Å². The molecule has 2 aromatic rings. The number of nitrogens with one attached hydrogen (secondary N) is 2. The first kappa shape index (κ1) is 19.5. The Kier molecular flexibility index (Phi) is 5.44. The molecular weight excluding hydrogens is 360 g/mol. The van der Waals surface area contributed by atoms with E-state index in [1.807, 2.05) is 19.9 Å². The van der Waals surface area contributed by atoms with Crippen molar-refractivity contribution >= 4 is 23.2 Å². The molecule has 1 aliphatic rings. The van der Waals surface area contributed by atoms with Crippen molar-refractivity contribution in [3.63, 3.8) is 0 Å². The fourth-order valence-electron chi connectivity index (χ4n) is 2.82. The number of fused-ring (bicyclic) bond motifs is 1. The number of methoxy groups -OCH3 is 2. The second kappa shape index (κ2) is 7.80. The van der Waals surface area contributed by atoms with Crippen LogP contribution in [0.2, 0.25) is 0 Å². The number of benzene rings is 2. The Balaban J connectivity index is 1.70. The maximum atomic E-state index is 12.4. The summed E-state index contributed by atoms with van der Waals surface area (Å²) in [5.41, 5.74) is 1.36. The minimum absolute atomic E-state index is 0.100. The van der Waals surface area contributed by atoms with E-state index < -0.39 is 5.41 Å². The van der Waals surface area contributed by atoms with Crippen molar-refractivity contribution in [3.8, 4) is 17.2 Å². The molecule has 28 heavy (non-hydrogen) atoms. The quantitative estimate of drug-likeness (QED) is 0.827. The van der Waals surface area contributed by atoms with Gasteiger partial charge >= 0.3 is 0 Å². The van der Waals surface area contributed by atoms with Crippen LogP contribution < -0.4 is 24.8 Å². The third kappa shape index (κ3) is 4.19. The molecule has 2 N–H and O–H groups in total. The van der Waals surface area contributed by atoms with Crippen molar-refractivity contribution in [1.29, 1.82) is 0 Å². The van der Waals surface area contributed by atoms with Crippen molar-refractivity contribution in [2.24, 2.45) is 5.41 Å². The molecule has 0 spiro atoms. The van der Waals surface area contributed by atoms with Gasteiger partial charge in [0.15, 0.2) is 11.5 Å². The Morgan fingerprint density at radius 1 is 1.14 bits per heavy atom. The summed E-state index contributed by atoms with van der Waals surface area (Å²) in [6.45, 7) is 3.90. The second-order valence-electron chi connectivity index (χ2n) is 7.25. The maximum absolute atomic E-state index is 12.4. The zero-order chi connectivity index (χ0) is 20.3. The normalized spacial score (nSPS) is 14.8. The van der Waals surface area contributed by atoms with Crippen molar-refractivity contribution in [1.82, 2.24) is 0 Å². The first-order valence-corrected chi connectivity index (χ1v) is 8.91. The molecule has 7 heteroatoms. The van der Waals surface area contributed by atoms with E-state index in [4.69, 9.17) is 14.2 Å². The van der Waals surface area contributed by atoms with E-state index >= 15 is 0 Å². The van der Waals surface area contributed by atoms with Gasteiger partial charge in [-0.15, -0.1) is 0 Å². The second-order valence-corrected chi connectivity index (χ2v) is 7.25. The molecule has 0 saturated carbocycles. The molecular formula is C21H24N2O5. The molecule has 0 saturated heterocycles. The number of carbonyl (C=O) groups excluding carboxylic acids is 2. The summed E-state index contributed by atoms with van der Waals surface area (Å²) in [5.74, 6) is 1.44. The first-order chi connectivity index (χ1) is 13.3. The predicted octanol–water partition coefficient (Wildman–Crippen LogP) is 3.24. The van der Waals surface area contributed by atoms with Gasteiger partial charge in [-0.2, -0.15) is 0 Å². The van der Waals surface area contributed by atoms with E-state index in [2.05, 4.69) is 10.6 Å². The van der Waals surface area contributed by atoms with Crippen LogP contribution in [-0.4, -0.2) is 32.6 Å². The Morgan fingerprint density at radius 2 is 1.89 bits per heavy atom. The molecule has 3 rings (SSSR count). The summed E-state index contributed by atoms with van der Waals surface area (Å²) < 4.78 is 16.2. The Labute approximate surface area is 164 Å². The van der Waals surface area contributed by atoms with Crippen LogP contribution in [-0.2, 0) is 16.0 Å². The third-order valence-corrected chi connectivity index (χ3v) is 4.53. The summed E-state index contributed by atoms with van der Waals surface area (Å²) in [6, 6.07) is 10.5. The van der Waals surface area contributed by atoms with Crippen LogP contribution in [0.3, 0.4) is 0 Å². The minimum Gasteiger partial charge on any atom is -0.493 e. The van der Waals surface area contributed by atoms with Crippen LogP contribution in [0, 0.1) is 5.41 Å². The predicted molar refractivity (Wildman–Crippen MR) is 106 cm³/mol. The molecule has 7 nitrogen and oxygen atoms in total. The van der Waals surface area contributed by atoms with Gasteiger partial charge < -0.3 is 24.8 Å². The van der Waals surface area contributed by atoms with Gasteiger partial charge in [0.1, 0.15) is 12.4 Å². The average molecular weight is 384 g/mol. The number of hydrogen-bond acceptors (Lipinski definition) is 5. The van der Waals surface area contributed by atoms with Crippen LogP contribution in [0.1, 0.15) is 19.4 Å². The molecule has 0 unspecified atom stereocenters. The van der Waals surface area contributed by atoms with Gasteiger partial charge in [-0.05, 0) is 43.7 Å². The number of rotatable bonds is 5. The largest absolute Gasteiger partial charge is 0.493 e. The molecule has 1 aliphatic heterocycles. The summed E-state index contributed by atoms with van der Waals surface area (Å²) in [4.78, 5) is 24.6. The smallest absolute Gasteiger partial charge is 0.233 e. The number of amides is 2. The summed E-state index contributed by atoms with van der Waals surface area (Å²) in [7, 11) is 3.12. The van der Waals surface area contributed by atoms with Crippen LogP contribution in [0.5, 0.6) is 17.2 Å². The number of carbonyl (C=O) groups is 2. The van der Waals surface area contributed by atoms with E-state index in [-0.39, 0.29) is 24.8 Å². The Morgan fingerprint density at radius 3 is 2.61 bits per heavy atom. The van der Waals surface area contributed by atoms with Crippen molar-refractivity contribution in [2.45, 2.75) is 20.3 Å². The topological polar surface area (TPSA) is 85.9 Å². The first-order valence-electron chi connectivity index (χ1n) is 8.91. The molecule has 0 fully saturated rings. The van der Waals surface area contributed by atoms with Crippen LogP contribution in [0.15, 0.2) is 36.4 Å². The monoisotopic (exact) mass is 384 g/mol. The summed E-state index contributed by atoms with van der Waals surface area (Å²) >= 11 is 0. The average Bonchev–Trinajstić information content (AvgIpc) is 2.78. The Hall–Kier alpha value is -3.22. The van der Waals surface area contributed by atoms with Crippen molar-refractivity contribution in [3.05, 3.63) is 42.0 Å². The highest BCUT2D eigenvalue weighted by Crippen LogP contribution is 2.34. The van der Waals surface area contributed by atoms with Gasteiger partial charge in [0.05, 0.1) is 31.7 Å². The van der Waals surface area contributed by atoms with Crippen molar-refractivity contribution < 1.29 is 23.8 Å². The SMILES string of the molecule is COc1ccc(CC(=O)Nc2ccc3c(c2)OCC(C)(C)C(=O)N3)cc1OC. The van der Waals surface area contributed by atoms with Gasteiger partial charge in [0.2, 0.25) is 11.8 Å². The fraction of sp³-hybridized carbons (Fsp3) is 0.333. The standard InChI is InChI=1S/C21H24N2O5/c1-21(2)12-28-17-11-14(6-7-15(17)23-20(21)25)22-19(24)10-13-5-8-16(26-3)18(9-13)27-4/h5-9,11H,10,12H2,1-4H3,(H,22,24)(H,23,25). The van der Waals surface area contributed by atoms with Crippen LogP contribution in [0.4, 0.5) is 11.4 Å². The van der Waals surface area contributed by atoms with Crippen LogP contribution in [0.25, 0.3) is 0 Å². The van der Waals surface area contributed by atoms with E-state index in [9.17, 15) is 9.59 Å². The molecule has 0 aromatic heterocycles. The van der Waals surface area contributed by atoms with Gasteiger partial charge in [-0.1, -0.05) is 6.07 Å². The molecule has 0 bridgehead atoms.